The van der Waals surface area contributed by atoms with Crippen LogP contribution in [0.15, 0.2) is 181 Å². The van der Waals surface area contributed by atoms with Crippen LogP contribution >= 0.6 is 0 Å². The van der Waals surface area contributed by atoms with Crippen molar-refractivity contribution in [1.29, 1.82) is 0 Å². The molecule has 0 saturated heterocycles. The lowest BCUT2D eigenvalue weighted by Gasteiger charge is -2.17. The summed E-state index contributed by atoms with van der Waals surface area (Å²) >= 11 is 0. The zero-order valence-electron chi connectivity index (χ0n) is 27.2. The van der Waals surface area contributed by atoms with E-state index in [9.17, 15) is 0 Å². The van der Waals surface area contributed by atoms with Gasteiger partial charge >= 0.3 is 0 Å². The van der Waals surface area contributed by atoms with Crippen molar-refractivity contribution in [2.45, 2.75) is 0 Å². The minimum absolute atomic E-state index is 1.09. The van der Waals surface area contributed by atoms with Gasteiger partial charge in [0.1, 0.15) is 0 Å². The normalized spacial score (nSPS) is 11.9. The van der Waals surface area contributed by atoms with Crippen LogP contribution in [0.3, 0.4) is 0 Å². The summed E-state index contributed by atoms with van der Waals surface area (Å²) in [5.41, 5.74) is 21.5. The lowest BCUT2D eigenvalue weighted by molar-refractivity contribution is 1.09. The number of hydrogen-bond acceptors (Lipinski definition) is 0. The summed E-state index contributed by atoms with van der Waals surface area (Å²) in [5.74, 6) is 0. The Bertz CT molecular complexity index is 2760. The van der Waals surface area contributed by atoms with Gasteiger partial charge in [-0.2, -0.15) is 0 Å². The predicted octanol–water partition coefficient (Wildman–Crippen LogP) is 12.5. The Balaban J connectivity index is 1.30. The van der Waals surface area contributed by atoms with E-state index < -0.39 is 0 Å². The molecule has 9 aromatic rings. The number of hydrogen-bond donors (Lipinski definition) is 0. The molecule has 0 amide bonds. The van der Waals surface area contributed by atoms with Gasteiger partial charge in [0, 0.05) is 39.2 Å². The van der Waals surface area contributed by atoms with Gasteiger partial charge in [-0.25, -0.2) is 0 Å². The molecule has 1 aliphatic rings. The third kappa shape index (κ3) is 4.53. The summed E-state index contributed by atoms with van der Waals surface area (Å²) in [4.78, 5) is 0. The molecule has 0 unspecified atom stereocenters. The van der Waals surface area contributed by atoms with Crippen LogP contribution in [0, 0.1) is 0 Å². The molecule has 1 aliphatic carbocycles. The molecule has 2 heteroatoms. The Morgan fingerprint density at radius 2 is 0.740 bits per heavy atom. The number of rotatable bonds is 5. The first-order valence-electron chi connectivity index (χ1n) is 17.0. The molecular formula is C48H30N2. The van der Waals surface area contributed by atoms with Crippen LogP contribution in [0.4, 0.5) is 0 Å². The van der Waals surface area contributed by atoms with E-state index in [0.717, 1.165) is 33.7 Å². The highest BCUT2D eigenvalue weighted by Gasteiger charge is 2.20. The summed E-state index contributed by atoms with van der Waals surface area (Å²) < 4.78 is 4.81. The average molecular weight is 635 g/mol. The van der Waals surface area contributed by atoms with Crippen LogP contribution in [-0.2, 0) is 0 Å². The molecule has 2 heterocycles. The van der Waals surface area contributed by atoms with E-state index in [1.54, 1.807) is 0 Å². The third-order valence-corrected chi connectivity index (χ3v) is 9.94. The molecule has 10 rings (SSSR count). The van der Waals surface area contributed by atoms with Crippen LogP contribution in [-0.4, -0.2) is 9.13 Å². The predicted molar refractivity (Wildman–Crippen MR) is 210 cm³/mol. The lowest BCUT2D eigenvalue weighted by atomic mass is 9.93. The maximum absolute atomic E-state index is 3.24. The second-order valence-electron chi connectivity index (χ2n) is 12.9. The lowest BCUT2D eigenvalue weighted by Crippen LogP contribution is -2.02. The third-order valence-electron chi connectivity index (χ3n) is 9.94. The minimum atomic E-state index is 1.09. The van der Waals surface area contributed by atoms with E-state index in [4.69, 9.17) is 0 Å². The molecule has 0 spiro atoms. The van der Waals surface area contributed by atoms with Crippen LogP contribution in [0.2, 0.25) is 0 Å². The Labute approximate surface area is 290 Å². The summed E-state index contributed by atoms with van der Waals surface area (Å²) in [6.45, 7) is 0. The molecule has 0 fully saturated rings. The Hall–Kier alpha value is -6.82. The Morgan fingerprint density at radius 3 is 1.32 bits per heavy atom. The van der Waals surface area contributed by atoms with E-state index in [0.29, 0.717) is 0 Å². The first kappa shape index (κ1) is 28.2. The van der Waals surface area contributed by atoms with Crippen molar-refractivity contribution in [3.05, 3.63) is 193 Å². The summed E-state index contributed by atoms with van der Waals surface area (Å²) in [5, 5.41) is 3.69. The van der Waals surface area contributed by atoms with E-state index >= 15 is 0 Å². The van der Waals surface area contributed by atoms with E-state index in [2.05, 4.69) is 203 Å². The van der Waals surface area contributed by atoms with Crippen LogP contribution in [0.25, 0.3) is 89.6 Å². The second kappa shape index (κ2) is 11.4. The average Bonchev–Trinajstić information content (AvgIpc) is 3.71. The highest BCUT2D eigenvalue weighted by molar-refractivity contribution is 6.09. The van der Waals surface area contributed by atoms with Crippen molar-refractivity contribution in [1.82, 2.24) is 9.13 Å². The highest BCUT2D eigenvalue weighted by atomic mass is 15.0. The van der Waals surface area contributed by atoms with Crippen LogP contribution < -0.4 is 0 Å². The highest BCUT2D eigenvalue weighted by Crippen LogP contribution is 2.39. The van der Waals surface area contributed by atoms with Crippen LogP contribution in [0.1, 0.15) is 11.3 Å². The Morgan fingerprint density at radius 1 is 0.320 bits per heavy atom. The zero-order valence-corrected chi connectivity index (χ0v) is 27.2. The van der Waals surface area contributed by atoms with E-state index in [1.165, 1.54) is 55.0 Å². The molecule has 0 bridgehead atoms. The monoisotopic (exact) mass is 634 g/mol. The van der Waals surface area contributed by atoms with Crippen molar-refractivity contribution in [2.24, 2.45) is 0 Å². The van der Waals surface area contributed by atoms with Crippen molar-refractivity contribution in [3.63, 3.8) is 0 Å². The van der Waals surface area contributed by atoms with E-state index in [1.807, 2.05) is 0 Å². The van der Waals surface area contributed by atoms with Gasteiger partial charge in [-0.1, -0.05) is 127 Å². The standard InChI is InChI=1S/C48H30N2/c1-3-15-33(16-4-1)35-27-36(34-17-5-2-6-18-34)29-37(28-35)38-30-39(49-45-23-11-7-19-41(45)42-20-8-12-24-46(42)49)32-40(31-38)50-47-25-13-9-21-43(47)44-22-10-14-26-48(44)50/h1-9,11-13,15-32H. The van der Waals surface area contributed by atoms with Crippen molar-refractivity contribution in [3.8, 4) is 44.8 Å². The zero-order chi connectivity index (χ0) is 33.0. The number of fused-ring (bicyclic) bond motifs is 6. The van der Waals surface area contributed by atoms with Gasteiger partial charge in [-0.05, 0) is 94.1 Å². The molecule has 2 nitrogen and oxygen atoms in total. The molecule has 0 radical (unpaired) electrons. The molecule has 0 N–H and O–H groups in total. The van der Waals surface area contributed by atoms with Crippen molar-refractivity contribution in [2.75, 3.05) is 0 Å². The number of benzene rings is 7. The van der Waals surface area contributed by atoms with Crippen LogP contribution in [0.5, 0.6) is 0 Å². The molecule has 0 saturated carbocycles. The fourth-order valence-corrected chi connectivity index (χ4v) is 7.69. The topological polar surface area (TPSA) is 9.86 Å². The maximum atomic E-state index is 3.24. The number of para-hydroxylation sites is 3. The van der Waals surface area contributed by atoms with Gasteiger partial charge in [0.05, 0.1) is 22.2 Å². The summed E-state index contributed by atoms with van der Waals surface area (Å²) in [6.07, 6.45) is 4.12. The first-order chi connectivity index (χ1) is 24.8. The summed E-state index contributed by atoms with van der Waals surface area (Å²) in [7, 11) is 0. The molecule has 2 aromatic heterocycles. The molecule has 0 aliphatic heterocycles. The number of nitrogens with zero attached hydrogens (tertiary/aromatic N) is 2. The van der Waals surface area contributed by atoms with Crippen molar-refractivity contribution >= 4 is 44.9 Å². The van der Waals surface area contributed by atoms with Gasteiger partial charge < -0.3 is 9.13 Å². The summed E-state index contributed by atoms with van der Waals surface area (Å²) in [6, 6.07) is 61.5. The van der Waals surface area contributed by atoms with E-state index in [-0.39, 0.29) is 0 Å². The minimum Gasteiger partial charge on any atom is -0.309 e. The quantitative estimate of drug-likeness (QED) is 0.167. The fourth-order valence-electron chi connectivity index (χ4n) is 7.69. The first-order valence-corrected chi connectivity index (χ1v) is 17.0. The largest absolute Gasteiger partial charge is 0.309 e. The molecule has 0 atom stereocenters. The van der Waals surface area contributed by atoms with Gasteiger partial charge in [0.15, 0.2) is 0 Å². The fraction of sp³-hybridized carbons (Fsp3) is 0. The van der Waals surface area contributed by atoms with Crippen molar-refractivity contribution < 1.29 is 0 Å². The maximum Gasteiger partial charge on any atom is 0.0631 e. The van der Waals surface area contributed by atoms with Gasteiger partial charge in [0.2, 0.25) is 0 Å². The van der Waals surface area contributed by atoms with Gasteiger partial charge in [-0.3, -0.25) is 0 Å². The molecule has 7 aromatic carbocycles. The molecule has 232 valence electrons. The Kier molecular flexibility index (Phi) is 6.44. The molecule has 50 heavy (non-hydrogen) atoms. The number of aromatic nitrogens is 2. The second-order valence-corrected chi connectivity index (χ2v) is 12.9. The molecular weight excluding hydrogens is 605 g/mol. The smallest absolute Gasteiger partial charge is 0.0631 e. The van der Waals surface area contributed by atoms with Gasteiger partial charge in [-0.15, -0.1) is 0 Å². The van der Waals surface area contributed by atoms with Gasteiger partial charge in [0.25, 0.3) is 0 Å². The SMILES string of the molecule is C1=C=Cc2c(c3ccccc3n2-c2cc(-c3cc(-c4ccccc4)cc(-c4ccccc4)c3)cc(-n3c4ccccc4c4ccccc43)c2)C=1.